The Hall–Kier alpha value is -0.700. The van der Waals surface area contributed by atoms with Gasteiger partial charge in [-0.15, -0.1) is 0 Å². The molecule has 0 aromatic rings. The lowest BCUT2D eigenvalue weighted by molar-refractivity contribution is 0.313. The Balaban J connectivity index is 2.68. The van der Waals surface area contributed by atoms with Crippen molar-refractivity contribution in [2.75, 3.05) is 0 Å². The first kappa shape index (κ1) is 15.4. The maximum Gasteiger partial charge on any atom is 0.0357 e. The monoisotopic (exact) mass is 246 g/mol. The minimum atomic E-state index is 0.133. The van der Waals surface area contributed by atoms with Crippen LogP contribution in [0.15, 0.2) is 11.6 Å². The highest BCUT2D eigenvalue weighted by Gasteiger charge is 2.38. The Morgan fingerprint density at radius 1 is 1.33 bits per heavy atom. The molecule has 1 rings (SSSR count). The summed E-state index contributed by atoms with van der Waals surface area (Å²) in [5.41, 5.74) is 2.17. The summed E-state index contributed by atoms with van der Waals surface area (Å²) >= 11 is 0. The molecule has 0 heteroatoms. The Bertz CT molecular complexity index is 369. The van der Waals surface area contributed by atoms with Crippen molar-refractivity contribution in [1.82, 2.24) is 0 Å². The van der Waals surface area contributed by atoms with Gasteiger partial charge < -0.3 is 0 Å². The van der Waals surface area contributed by atoms with Crippen LogP contribution in [-0.2, 0) is 0 Å². The average molecular weight is 246 g/mol. The van der Waals surface area contributed by atoms with E-state index < -0.39 is 0 Å². The topological polar surface area (TPSA) is 0 Å². The van der Waals surface area contributed by atoms with Gasteiger partial charge in [-0.1, -0.05) is 50.7 Å². The molecule has 1 aliphatic rings. The van der Waals surface area contributed by atoms with Gasteiger partial charge in [0, 0.05) is 11.3 Å². The second kappa shape index (κ2) is 5.52. The SMILES string of the molecule is CCC(C)C(C)(C)C#CC(C)C=C(C)C1(C)CC1. The lowest BCUT2D eigenvalue weighted by atomic mass is 9.79. The largest absolute Gasteiger partial charge is 0.0962 e. The van der Waals surface area contributed by atoms with Crippen LogP contribution in [-0.4, -0.2) is 0 Å². The lowest BCUT2D eigenvalue weighted by Gasteiger charge is -2.25. The van der Waals surface area contributed by atoms with Gasteiger partial charge in [0.1, 0.15) is 0 Å². The summed E-state index contributed by atoms with van der Waals surface area (Å²) in [6, 6.07) is 0. The van der Waals surface area contributed by atoms with E-state index >= 15 is 0 Å². The molecule has 0 nitrogen and oxygen atoms in total. The quantitative estimate of drug-likeness (QED) is 0.457. The van der Waals surface area contributed by atoms with Crippen molar-refractivity contribution in [3.05, 3.63) is 11.6 Å². The molecule has 2 atom stereocenters. The van der Waals surface area contributed by atoms with Crippen LogP contribution >= 0.6 is 0 Å². The molecule has 1 aliphatic carbocycles. The standard InChI is InChI=1S/C18H30/c1-8-15(3)17(5,6)10-9-14(2)13-16(4)18(7)11-12-18/h13-15H,8,11-12H2,1-7H3. The van der Waals surface area contributed by atoms with E-state index in [2.05, 4.69) is 66.4 Å². The molecule has 0 spiro atoms. The molecule has 0 N–H and O–H groups in total. The van der Waals surface area contributed by atoms with Gasteiger partial charge in [-0.05, 0) is 51.9 Å². The van der Waals surface area contributed by atoms with Gasteiger partial charge in [-0.2, -0.15) is 0 Å². The van der Waals surface area contributed by atoms with Crippen molar-refractivity contribution in [3.63, 3.8) is 0 Å². The fourth-order valence-corrected chi connectivity index (χ4v) is 2.13. The van der Waals surface area contributed by atoms with E-state index in [4.69, 9.17) is 0 Å². The van der Waals surface area contributed by atoms with E-state index in [0.29, 0.717) is 17.3 Å². The first-order chi connectivity index (χ1) is 8.21. The summed E-state index contributed by atoms with van der Waals surface area (Å²) < 4.78 is 0. The maximum absolute atomic E-state index is 3.49. The van der Waals surface area contributed by atoms with Crippen molar-refractivity contribution in [2.45, 2.75) is 67.7 Å². The highest BCUT2D eigenvalue weighted by Crippen LogP contribution is 2.51. The zero-order chi connectivity index (χ0) is 14.0. The molecule has 1 fully saturated rings. The number of allylic oxidation sites excluding steroid dienone is 2. The van der Waals surface area contributed by atoms with Crippen LogP contribution in [0, 0.1) is 34.5 Å². The van der Waals surface area contributed by atoms with Crippen LogP contribution in [0.4, 0.5) is 0 Å². The van der Waals surface area contributed by atoms with Gasteiger partial charge in [-0.3, -0.25) is 0 Å². The second-order valence-corrected chi connectivity index (χ2v) is 7.00. The van der Waals surface area contributed by atoms with E-state index in [1.165, 1.54) is 24.8 Å². The van der Waals surface area contributed by atoms with Crippen molar-refractivity contribution in [1.29, 1.82) is 0 Å². The average Bonchev–Trinajstić information content (AvgIpc) is 3.05. The van der Waals surface area contributed by atoms with Gasteiger partial charge in [-0.25, -0.2) is 0 Å². The molecule has 0 aliphatic heterocycles. The molecule has 0 bridgehead atoms. The third kappa shape index (κ3) is 3.91. The molecule has 0 aromatic carbocycles. The Morgan fingerprint density at radius 2 is 1.89 bits per heavy atom. The molecule has 0 saturated heterocycles. The fraction of sp³-hybridized carbons (Fsp3) is 0.778. The summed E-state index contributed by atoms with van der Waals surface area (Å²) in [4.78, 5) is 0. The van der Waals surface area contributed by atoms with Gasteiger partial charge in [0.25, 0.3) is 0 Å². The zero-order valence-corrected chi connectivity index (χ0v) is 13.4. The smallest absolute Gasteiger partial charge is 0.0357 e. The summed E-state index contributed by atoms with van der Waals surface area (Å²) in [6.07, 6.45) is 6.28. The normalized spacial score (nSPS) is 21.8. The molecule has 2 unspecified atom stereocenters. The number of hydrogen-bond donors (Lipinski definition) is 0. The lowest BCUT2D eigenvalue weighted by Crippen LogP contribution is -2.18. The molecule has 1 saturated carbocycles. The molecule has 0 aromatic heterocycles. The predicted molar refractivity (Wildman–Crippen MR) is 81.3 cm³/mol. The van der Waals surface area contributed by atoms with E-state index in [1.807, 2.05) is 0 Å². The van der Waals surface area contributed by atoms with Gasteiger partial charge in [0.05, 0.1) is 0 Å². The third-order valence-electron chi connectivity index (χ3n) is 4.92. The molecular formula is C18H30. The molecule has 18 heavy (non-hydrogen) atoms. The number of hydrogen-bond acceptors (Lipinski definition) is 0. The van der Waals surface area contributed by atoms with Crippen LogP contribution in [0.1, 0.15) is 67.7 Å². The van der Waals surface area contributed by atoms with Crippen LogP contribution in [0.3, 0.4) is 0 Å². The summed E-state index contributed by atoms with van der Waals surface area (Å²) in [7, 11) is 0. The second-order valence-electron chi connectivity index (χ2n) is 7.00. The van der Waals surface area contributed by atoms with Crippen LogP contribution in [0.2, 0.25) is 0 Å². The summed E-state index contributed by atoms with van der Waals surface area (Å²) in [5, 5.41) is 0. The highest BCUT2D eigenvalue weighted by molar-refractivity contribution is 5.23. The minimum Gasteiger partial charge on any atom is -0.0962 e. The zero-order valence-electron chi connectivity index (χ0n) is 13.4. The maximum atomic E-state index is 3.49. The molecular weight excluding hydrogens is 216 g/mol. The minimum absolute atomic E-state index is 0.133. The first-order valence-electron chi connectivity index (χ1n) is 7.43. The Labute approximate surface area is 114 Å². The van der Waals surface area contributed by atoms with Crippen LogP contribution < -0.4 is 0 Å². The van der Waals surface area contributed by atoms with E-state index in [0.717, 1.165) is 0 Å². The molecule has 102 valence electrons. The van der Waals surface area contributed by atoms with Crippen LogP contribution in [0.25, 0.3) is 0 Å². The van der Waals surface area contributed by atoms with Crippen molar-refractivity contribution < 1.29 is 0 Å². The summed E-state index contributed by atoms with van der Waals surface area (Å²) in [5.74, 6) is 7.97. The van der Waals surface area contributed by atoms with E-state index in [9.17, 15) is 0 Å². The molecule has 0 radical (unpaired) electrons. The summed E-state index contributed by atoms with van der Waals surface area (Å²) in [6.45, 7) is 15.9. The third-order valence-corrected chi connectivity index (χ3v) is 4.92. The van der Waals surface area contributed by atoms with Crippen molar-refractivity contribution >= 4 is 0 Å². The van der Waals surface area contributed by atoms with Gasteiger partial charge in [0.2, 0.25) is 0 Å². The first-order valence-corrected chi connectivity index (χ1v) is 7.43. The fourth-order valence-electron chi connectivity index (χ4n) is 2.13. The van der Waals surface area contributed by atoms with Gasteiger partial charge in [0.15, 0.2) is 0 Å². The Kier molecular flexibility index (Phi) is 4.71. The van der Waals surface area contributed by atoms with Crippen molar-refractivity contribution in [3.8, 4) is 11.8 Å². The van der Waals surface area contributed by atoms with E-state index in [1.54, 1.807) is 0 Å². The molecule has 0 amide bonds. The van der Waals surface area contributed by atoms with E-state index in [-0.39, 0.29) is 5.41 Å². The molecule has 0 heterocycles. The Morgan fingerprint density at radius 3 is 2.33 bits per heavy atom. The number of rotatable bonds is 4. The van der Waals surface area contributed by atoms with Crippen LogP contribution in [0.5, 0.6) is 0 Å². The van der Waals surface area contributed by atoms with Crippen molar-refractivity contribution in [2.24, 2.45) is 22.7 Å². The van der Waals surface area contributed by atoms with Gasteiger partial charge >= 0.3 is 0 Å². The highest BCUT2D eigenvalue weighted by atomic mass is 14.4. The predicted octanol–water partition coefficient (Wildman–Crippen LogP) is 5.44.